The third-order valence-corrected chi connectivity index (χ3v) is 3.66. The van der Waals surface area contributed by atoms with Crippen molar-refractivity contribution >= 4 is 5.69 Å². The predicted molar refractivity (Wildman–Crippen MR) is 113 cm³/mol. The normalized spacial score (nSPS) is 9.54. The zero-order chi connectivity index (χ0) is 19.9. The van der Waals surface area contributed by atoms with E-state index in [9.17, 15) is 0 Å². The molecule has 2 rings (SSSR count). The van der Waals surface area contributed by atoms with Crippen LogP contribution in [0.2, 0.25) is 0 Å². The Hall–Kier alpha value is -2.20. The van der Waals surface area contributed by atoms with Gasteiger partial charge in [-0.05, 0) is 48.9 Å². The Morgan fingerprint density at radius 3 is 1.88 bits per heavy atom. The molecule has 0 saturated carbocycles. The summed E-state index contributed by atoms with van der Waals surface area (Å²) in [5.41, 5.74) is 9.02. The van der Waals surface area contributed by atoms with Crippen LogP contribution in [0.15, 0.2) is 42.5 Å². The van der Waals surface area contributed by atoms with Crippen LogP contribution >= 0.6 is 0 Å². The molecule has 2 aromatic rings. The average Bonchev–Trinajstić information content (AvgIpc) is 2.70. The van der Waals surface area contributed by atoms with Crippen molar-refractivity contribution < 1.29 is 9.47 Å². The van der Waals surface area contributed by atoms with E-state index in [0.717, 1.165) is 36.7 Å². The number of anilines is 1. The lowest BCUT2D eigenvalue weighted by molar-refractivity contribution is 0.327. The van der Waals surface area contributed by atoms with Crippen LogP contribution in [-0.2, 0) is 13.0 Å². The first-order valence-corrected chi connectivity index (χ1v) is 9.36. The standard InChI is InChI=1S/C18H24N2O2.2C2H6/c1-20(11-10-14-4-7-16(19)8-5-14)13-15-6-9-17(21-2)18(12-15)22-3;2*1-2/h4-9,12H,10-11,13,19H2,1-3H3;2*1-2H3. The monoisotopic (exact) mass is 360 g/mol. The number of hydrogen-bond acceptors (Lipinski definition) is 4. The lowest BCUT2D eigenvalue weighted by atomic mass is 10.1. The van der Waals surface area contributed by atoms with E-state index < -0.39 is 0 Å². The highest BCUT2D eigenvalue weighted by atomic mass is 16.5. The van der Waals surface area contributed by atoms with Crippen LogP contribution in [0.5, 0.6) is 11.5 Å². The molecule has 146 valence electrons. The maximum atomic E-state index is 5.70. The van der Waals surface area contributed by atoms with Gasteiger partial charge in [0.1, 0.15) is 0 Å². The second kappa shape index (κ2) is 14.0. The Bertz CT molecular complexity index is 598. The summed E-state index contributed by atoms with van der Waals surface area (Å²) in [6.07, 6.45) is 1.00. The number of rotatable bonds is 7. The minimum Gasteiger partial charge on any atom is -0.493 e. The summed E-state index contributed by atoms with van der Waals surface area (Å²) < 4.78 is 10.6. The molecule has 4 nitrogen and oxygen atoms in total. The van der Waals surface area contributed by atoms with Crippen molar-refractivity contribution in [1.29, 1.82) is 0 Å². The van der Waals surface area contributed by atoms with E-state index >= 15 is 0 Å². The first-order chi connectivity index (χ1) is 12.6. The van der Waals surface area contributed by atoms with Gasteiger partial charge in [0, 0.05) is 18.8 Å². The van der Waals surface area contributed by atoms with Gasteiger partial charge in [-0.2, -0.15) is 0 Å². The first-order valence-electron chi connectivity index (χ1n) is 9.36. The van der Waals surface area contributed by atoms with E-state index in [0.29, 0.717) is 0 Å². The molecule has 0 unspecified atom stereocenters. The van der Waals surface area contributed by atoms with E-state index in [-0.39, 0.29) is 0 Å². The van der Waals surface area contributed by atoms with Gasteiger partial charge in [0.2, 0.25) is 0 Å². The summed E-state index contributed by atoms with van der Waals surface area (Å²) in [6.45, 7) is 9.85. The maximum absolute atomic E-state index is 5.70. The number of ether oxygens (including phenoxy) is 2. The molecule has 0 spiro atoms. The zero-order valence-corrected chi connectivity index (χ0v) is 17.5. The molecule has 0 aliphatic heterocycles. The molecule has 0 bridgehead atoms. The third-order valence-electron chi connectivity index (χ3n) is 3.66. The van der Waals surface area contributed by atoms with Crippen molar-refractivity contribution in [2.24, 2.45) is 0 Å². The van der Waals surface area contributed by atoms with Crippen molar-refractivity contribution in [3.63, 3.8) is 0 Å². The van der Waals surface area contributed by atoms with Crippen LogP contribution in [0.25, 0.3) is 0 Å². The van der Waals surface area contributed by atoms with Gasteiger partial charge in [-0.25, -0.2) is 0 Å². The van der Waals surface area contributed by atoms with E-state index in [1.54, 1.807) is 14.2 Å². The number of nitrogens with two attached hydrogens (primary N) is 1. The van der Waals surface area contributed by atoms with Gasteiger partial charge in [-0.1, -0.05) is 45.9 Å². The molecule has 0 radical (unpaired) electrons. The molecular formula is C22H36N2O2. The molecule has 0 aliphatic carbocycles. The minimum atomic E-state index is 0.760. The summed E-state index contributed by atoms with van der Waals surface area (Å²) in [4.78, 5) is 2.29. The van der Waals surface area contributed by atoms with Crippen molar-refractivity contribution in [2.75, 3.05) is 33.5 Å². The van der Waals surface area contributed by atoms with Gasteiger partial charge in [-0.15, -0.1) is 0 Å². The van der Waals surface area contributed by atoms with E-state index in [4.69, 9.17) is 15.2 Å². The quantitative estimate of drug-likeness (QED) is 0.705. The highest BCUT2D eigenvalue weighted by Crippen LogP contribution is 2.27. The van der Waals surface area contributed by atoms with Gasteiger partial charge in [0.25, 0.3) is 0 Å². The van der Waals surface area contributed by atoms with Gasteiger partial charge in [-0.3, -0.25) is 0 Å². The summed E-state index contributed by atoms with van der Waals surface area (Å²) in [5, 5.41) is 0. The van der Waals surface area contributed by atoms with Gasteiger partial charge in [0.05, 0.1) is 14.2 Å². The van der Waals surface area contributed by atoms with E-state index in [1.807, 2.05) is 52.0 Å². The van der Waals surface area contributed by atoms with E-state index in [1.165, 1.54) is 11.1 Å². The second-order valence-corrected chi connectivity index (χ2v) is 5.42. The lowest BCUT2D eigenvalue weighted by Gasteiger charge is -2.18. The Labute approximate surface area is 159 Å². The predicted octanol–water partition coefficient (Wildman–Crippen LogP) is 5.01. The highest BCUT2D eigenvalue weighted by Gasteiger charge is 2.07. The Balaban J connectivity index is 0.00000146. The fourth-order valence-corrected chi connectivity index (χ4v) is 2.37. The number of nitrogens with zero attached hydrogens (tertiary/aromatic N) is 1. The Morgan fingerprint density at radius 2 is 1.35 bits per heavy atom. The molecule has 2 N–H and O–H groups in total. The van der Waals surface area contributed by atoms with Crippen LogP contribution in [0.1, 0.15) is 38.8 Å². The van der Waals surface area contributed by atoms with Crippen LogP contribution < -0.4 is 15.2 Å². The maximum Gasteiger partial charge on any atom is 0.161 e. The van der Waals surface area contributed by atoms with Gasteiger partial charge >= 0.3 is 0 Å². The number of likely N-dealkylation sites (N-methyl/N-ethyl adjacent to an activating group) is 1. The van der Waals surface area contributed by atoms with E-state index in [2.05, 4.69) is 30.1 Å². The topological polar surface area (TPSA) is 47.7 Å². The number of nitrogen functional groups attached to an aromatic ring is 1. The summed E-state index contributed by atoms with van der Waals surface area (Å²) in [6, 6.07) is 14.1. The molecule has 0 aromatic heterocycles. The Morgan fingerprint density at radius 1 is 0.808 bits per heavy atom. The van der Waals surface area contributed by atoms with Crippen molar-refractivity contribution in [1.82, 2.24) is 4.90 Å². The number of methoxy groups -OCH3 is 2. The molecule has 2 aromatic carbocycles. The molecule has 4 heteroatoms. The van der Waals surface area contributed by atoms with Gasteiger partial charge < -0.3 is 20.1 Å². The van der Waals surface area contributed by atoms with Crippen molar-refractivity contribution in [3.05, 3.63) is 53.6 Å². The van der Waals surface area contributed by atoms with Crippen LogP contribution in [0, 0.1) is 0 Å². The molecule has 0 atom stereocenters. The van der Waals surface area contributed by atoms with Crippen LogP contribution in [0.3, 0.4) is 0 Å². The fraction of sp³-hybridized carbons (Fsp3) is 0.455. The zero-order valence-electron chi connectivity index (χ0n) is 17.5. The smallest absolute Gasteiger partial charge is 0.161 e. The largest absolute Gasteiger partial charge is 0.493 e. The fourth-order valence-electron chi connectivity index (χ4n) is 2.37. The number of hydrogen-bond donors (Lipinski definition) is 1. The molecule has 0 saturated heterocycles. The Kier molecular flexibility index (Phi) is 12.8. The summed E-state index contributed by atoms with van der Waals surface area (Å²) >= 11 is 0. The molecule has 0 fully saturated rings. The van der Waals surface area contributed by atoms with Crippen LogP contribution in [-0.4, -0.2) is 32.7 Å². The molecular weight excluding hydrogens is 324 g/mol. The molecule has 0 heterocycles. The highest BCUT2D eigenvalue weighted by molar-refractivity contribution is 5.43. The summed E-state index contributed by atoms with van der Waals surface area (Å²) in [5.74, 6) is 1.53. The molecule has 0 aliphatic rings. The minimum absolute atomic E-state index is 0.760. The average molecular weight is 361 g/mol. The molecule has 26 heavy (non-hydrogen) atoms. The first kappa shape index (κ1) is 23.8. The van der Waals surface area contributed by atoms with Crippen molar-refractivity contribution in [2.45, 2.75) is 40.7 Å². The van der Waals surface area contributed by atoms with Gasteiger partial charge in [0.15, 0.2) is 11.5 Å². The van der Waals surface area contributed by atoms with Crippen molar-refractivity contribution in [3.8, 4) is 11.5 Å². The lowest BCUT2D eigenvalue weighted by Crippen LogP contribution is -2.20. The number of benzene rings is 2. The van der Waals surface area contributed by atoms with Crippen LogP contribution in [0.4, 0.5) is 5.69 Å². The molecule has 0 amide bonds. The third kappa shape index (κ3) is 8.26. The second-order valence-electron chi connectivity index (χ2n) is 5.42. The summed E-state index contributed by atoms with van der Waals surface area (Å²) in [7, 11) is 5.43. The SMILES string of the molecule is CC.CC.COc1ccc(CN(C)CCc2ccc(N)cc2)cc1OC.